The molecule has 0 aromatic heterocycles. The first-order valence-corrected chi connectivity index (χ1v) is 7.48. The fourth-order valence-electron chi connectivity index (χ4n) is 4.04. The number of nitrogens with zero attached hydrogens (tertiary/aromatic N) is 1. The van der Waals surface area contributed by atoms with Crippen LogP contribution in [-0.2, 0) is 13.0 Å². The number of hydrogen-bond donors (Lipinski definition) is 2. The minimum atomic E-state index is -0.0138. The van der Waals surface area contributed by atoms with Gasteiger partial charge in [0.15, 0.2) is 11.5 Å². The standard InChI is InChI=1S/C18H19NO2/c1-19-10-12-4-2-3-5-13(12)18-14-9-17(21)16(20)8-11(14)6-7-15(18)19/h2-5,8-9,15,18,20-21H,6-7,10H2,1H3/t15-,18-/m1/s1. The van der Waals surface area contributed by atoms with Crippen LogP contribution in [0.25, 0.3) is 0 Å². The second kappa shape index (κ2) is 4.50. The van der Waals surface area contributed by atoms with Crippen LogP contribution < -0.4 is 0 Å². The zero-order chi connectivity index (χ0) is 14.6. The summed E-state index contributed by atoms with van der Waals surface area (Å²) >= 11 is 0. The van der Waals surface area contributed by atoms with E-state index < -0.39 is 0 Å². The van der Waals surface area contributed by atoms with Gasteiger partial charge < -0.3 is 10.2 Å². The molecule has 1 aliphatic heterocycles. The Morgan fingerprint density at radius 2 is 1.76 bits per heavy atom. The second-order valence-electron chi connectivity index (χ2n) is 6.24. The number of rotatable bonds is 0. The van der Waals surface area contributed by atoms with Gasteiger partial charge in [0.1, 0.15) is 0 Å². The van der Waals surface area contributed by atoms with Gasteiger partial charge in [0, 0.05) is 18.5 Å². The number of phenolic OH excluding ortho intramolecular Hbond substituents is 2. The second-order valence-corrected chi connectivity index (χ2v) is 6.24. The fourth-order valence-corrected chi connectivity index (χ4v) is 4.04. The number of aromatic hydroxyl groups is 2. The molecule has 21 heavy (non-hydrogen) atoms. The average Bonchev–Trinajstić information content (AvgIpc) is 2.48. The third-order valence-electron chi connectivity index (χ3n) is 5.04. The van der Waals surface area contributed by atoms with Crippen molar-refractivity contribution in [3.05, 3.63) is 58.7 Å². The summed E-state index contributed by atoms with van der Waals surface area (Å²) < 4.78 is 0. The Hall–Kier alpha value is -2.00. The summed E-state index contributed by atoms with van der Waals surface area (Å²) in [7, 11) is 2.18. The number of phenols is 2. The summed E-state index contributed by atoms with van der Waals surface area (Å²) in [6, 6.07) is 12.5. The molecule has 3 nitrogen and oxygen atoms in total. The highest BCUT2D eigenvalue weighted by Gasteiger charge is 2.38. The van der Waals surface area contributed by atoms with E-state index in [1.165, 1.54) is 16.7 Å². The Balaban J connectivity index is 1.93. The third-order valence-corrected chi connectivity index (χ3v) is 5.04. The van der Waals surface area contributed by atoms with Crippen molar-refractivity contribution in [3.63, 3.8) is 0 Å². The van der Waals surface area contributed by atoms with Crippen molar-refractivity contribution in [2.75, 3.05) is 7.05 Å². The van der Waals surface area contributed by atoms with Crippen LogP contribution in [0.5, 0.6) is 11.5 Å². The van der Waals surface area contributed by atoms with Gasteiger partial charge in [-0.05, 0) is 54.3 Å². The summed E-state index contributed by atoms with van der Waals surface area (Å²) in [5.41, 5.74) is 5.06. The fraction of sp³-hybridized carbons (Fsp3) is 0.333. The van der Waals surface area contributed by atoms with E-state index in [0.717, 1.165) is 24.9 Å². The zero-order valence-corrected chi connectivity index (χ0v) is 12.1. The largest absolute Gasteiger partial charge is 0.504 e. The van der Waals surface area contributed by atoms with Crippen LogP contribution in [0.15, 0.2) is 36.4 Å². The molecule has 1 heterocycles. The number of fused-ring (bicyclic) bond motifs is 5. The Morgan fingerprint density at radius 3 is 2.62 bits per heavy atom. The van der Waals surface area contributed by atoms with E-state index in [2.05, 4.69) is 36.2 Å². The lowest BCUT2D eigenvalue weighted by Crippen LogP contribution is -2.43. The molecule has 108 valence electrons. The summed E-state index contributed by atoms with van der Waals surface area (Å²) in [5.74, 6) is 0.264. The van der Waals surface area contributed by atoms with Crippen LogP contribution in [0.4, 0.5) is 0 Å². The molecule has 0 fully saturated rings. The molecule has 0 saturated heterocycles. The first kappa shape index (κ1) is 12.7. The normalized spacial score (nSPS) is 24.0. The van der Waals surface area contributed by atoms with Crippen molar-refractivity contribution in [1.29, 1.82) is 0 Å². The number of hydrogen-bond acceptors (Lipinski definition) is 3. The van der Waals surface area contributed by atoms with Gasteiger partial charge in [-0.2, -0.15) is 0 Å². The molecule has 2 aliphatic rings. The summed E-state index contributed by atoms with van der Waals surface area (Å²) in [6.45, 7) is 0.983. The minimum absolute atomic E-state index is 0.00958. The van der Waals surface area contributed by atoms with Crippen LogP contribution in [0.1, 0.15) is 34.6 Å². The van der Waals surface area contributed by atoms with Gasteiger partial charge in [0.2, 0.25) is 0 Å². The zero-order valence-electron chi connectivity index (χ0n) is 12.1. The van der Waals surface area contributed by atoms with Gasteiger partial charge in [-0.15, -0.1) is 0 Å². The maximum absolute atomic E-state index is 9.92. The van der Waals surface area contributed by atoms with Gasteiger partial charge in [0.25, 0.3) is 0 Å². The minimum Gasteiger partial charge on any atom is -0.504 e. The quantitative estimate of drug-likeness (QED) is 0.730. The van der Waals surface area contributed by atoms with Crippen LogP contribution in [0.3, 0.4) is 0 Å². The molecule has 0 saturated carbocycles. The van der Waals surface area contributed by atoms with Crippen LogP contribution >= 0.6 is 0 Å². The van der Waals surface area contributed by atoms with E-state index in [0.29, 0.717) is 6.04 Å². The van der Waals surface area contributed by atoms with Crippen molar-refractivity contribution >= 4 is 0 Å². The number of likely N-dealkylation sites (N-methyl/N-ethyl adjacent to an activating group) is 1. The molecule has 2 N–H and O–H groups in total. The van der Waals surface area contributed by atoms with Crippen molar-refractivity contribution in [2.24, 2.45) is 0 Å². The first-order valence-electron chi connectivity index (χ1n) is 7.48. The Morgan fingerprint density at radius 1 is 1.00 bits per heavy atom. The maximum atomic E-state index is 9.92. The lowest BCUT2D eigenvalue weighted by Gasteiger charge is -2.44. The van der Waals surface area contributed by atoms with Gasteiger partial charge >= 0.3 is 0 Å². The predicted molar refractivity (Wildman–Crippen MR) is 81.6 cm³/mol. The predicted octanol–water partition coefficient (Wildman–Crippen LogP) is 2.99. The SMILES string of the molecule is CN1Cc2ccccc2[C@@H]2c3cc(O)c(O)cc3CC[C@H]21. The summed E-state index contributed by atoms with van der Waals surface area (Å²) in [6.07, 6.45) is 2.05. The molecule has 0 unspecified atom stereocenters. The van der Waals surface area contributed by atoms with E-state index in [4.69, 9.17) is 0 Å². The lowest BCUT2D eigenvalue weighted by atomic mass is 9.71. The van der Waals surface area contributed by atoms with Crippen molar-refractivity contribution in [2.45, 2.75) is 31.3 Å². The number of benzene rings is 2. The van der Waals surface area contributed by atoms with Gasteiger partial charge in [-0.25, -0.2) is 0 Å². The molecule has 3 heteroatoms. The molecule has 0 radical (unpaired) electrons. The van der Waals surface area contributed by atoms with E-state index in [1.807, 2.05) is 0 Å². The van der Waals surface area contributed by atoms with Crippen molar-refractivity contribution in [3.8, 4) is 11.5 Å². The van der Waals surface area contributed by atoms with E-state index in [1.54, 1.807) is 12.1 Å². The summed E-state index contributed by atoms with van der Waals surface area (Å²) in [5, 5.41) is 19.7. The van der Waals surface area contributed by atoms with Crippen LogP contribution in [0, 0.1) is 0 Å². The molecular formula is C18H19NO2. The van der Waals surface area contributed by atoms with Crippen LogP contribution in [0.2, 0.25) is 0 Å². The van der Waals surface area contributed by atoms with Crippen molar-refractivity contribution < 1.29 is 10.2 Å². The number of aryl methyl sites for hydroxylation is 1. The molecule has 2 aromatic carbocycles. The highest BCUT2D eigenvalue weighted by Crippen LogP contribution is 2.46. The average molecular weight is 281 g/mol. The molecular weight excluding hydrogens is 262 g/mol. The van der Waals surface area contributed by atoms with Crippen molar-refractivity contribution in [1.82, 2.24) is 4.90 Å². The third kappa shape index (κ3) is 1.84. The highest BCUT2D eigenvalue weighted by atomic mass is 16.3. The maximum Gasteiger partial charge on any atom is 0.157 e. The van der Waals surface area contributed by atoms with Gasteiger partial charge in [0.05, 0.1) is 0 Å². The van der Waals surface area contributed by atoms with Gasteiger partial charge in [-0.1, -0.05) is 24.3 Å². The van der Waals surface area contributed by atoms with E-state index in [9.17, 15) is 10.2 Å². The molecule has 1 aliphatic carbocycles. The van der Waals surface area contributed by atoms with Crippen LogP contribution in [-0.4, -0.2) is 28.2 Å². The molecule has 2 atom stereocenters. The Kier molecular flexibility index (Phi) is 2.73. The highest BCUT2D eigenvalue weighted by molar-refractivity contribution is 5.53. The first-order chi connectivity index (χ1) is 10.1. The monoisotopic (exact) mass is 281 g/mol. The lowest BCUT2D eigenvalue weighted by molar-refractivity contribution is 0.178. The molecule has 0 spiro atoms. The summed E-state index contributed by atoms with van der Waals surface area (Å²) in [4.78, 5) is 2.42. The topological polar surface area (TPSA) is 43.7 Å². The smallest absolute Gasteiger partial charge is 0.157 e. The molecule has 0 amide bonds. The Bertz CT molecular complexity index is 710. The van der Waals surface area contributed by atoms with E-state index in [-0.39, 0.29) is 17.4 Å². The van der Waals surface area contributed by atoms with E-state index >= 15 is 0 Å². The Labute approximate surface area is 124 Å². The molecule has 2 aromatic rings. The van der Waals surface area contributed by atoms with Gasteiger partial charge in [-0.3, -0.25) is 4.90 Å². The molecule has 4 rings (SSSR count). The molecule has 0 bridgehead atoms.